The van der Waals surface area contributed by atoms with Crippen LogP contribution in [0.3, 0.4) is 0 Å². The maximum absolute atomic E-state index is 13.5. The number of piperazine rings is 1. The Morgan fingerprint density at radius 1 is 0.542 bits per heavy atom. The van der Waals surface area contributed by atoms with Crippen LogP contribution in [0.25, 0.3) is 21.8 Å². The molecule has 0 aliphatic carbocycles. The molecular weight excluding hydrogens is 752 g/mol. The Kier molecular flexibility index (Phi) is 11.9. The summed E-state index contributed by atoms with van der Waals surface area (Å²) in [5.41, 5.74) is 5.07. The summed E-state index contributed by atoms with van der Waals surface area (Å²) in [5.74, 6) is 0.739. The molecule has 5 aromatic carbocycles. The number of benzene rings is 5. The second kappa shape index (κ2) is 17.9. The van der Waals surface area contributed by atoms with Crippen molar-refractivity contribution in [2.75, 3.05) is 71.7 Å². The molecule has 2 aliphatic rings. The molecule has 0 amide bonds. The Balaban J connectivity index is 0.000000167. The highest BCUT2D eigenvalue weighted by Crippen LogP contribution is 2.32. The fraction of sp³-hybridized carbons (Fsp3) is 0.261. The third kappa shape index (κ3) is 9.74. The van der Waals surface area contributed by atoms with Crippen molar-refractivity contribution in [3.05, 3.63) is 144 Å². The molecule has 0 saturated carbocycles. The average Bonchev–Trinajstić information content (AvgIpc) is 3.28. The van der Waals surface area contributed by atoms with Gasteiger partial charge >= 0.3 is 0 Å². The minimum atomic E-state index is -2.61. The van der Waals surface area contributed by atoms with Crippen LogP contribution in [0, 0.1) is 5.82 Å². The third-order valence-corrected chi connectivity index (χ3v) is 10.6. The van der Waals surface area contributed by atoms with Crippen molar-refractivity contribution < 1.29 is 17.9 Å². The first-order chi connectivity index (χ1) is 28.8. The van der Waals surface area contributed by atoms with Crippen LogP contribution in [0.4, 0.5) is 42.4 Å². The number of rotatable bonds is 10. The SMILES string of the molecule is COc1ccc(N2CCN(c3nc(NCc4ccccc4)c4ccccc4n3)CC2)cc1.Fc1ccc(CNc2nc(N3CCC(F)(F)CC3)nc3ccccc23)cc1. The van der Waals surface area contributed by atoms with Gasteiger partial charge in [0.2, 0.25) is 11.9 Å². The predicted molar refractivity (Wildman–Crippen MR) is 230 cm³/mol. The van der Waals surface area contributed by atoms with Crippen LogP contribution in [-0.4, -0.2) is 72.2 Å². The van der Waals surface area contributed by atoms with E-state index in [1.807, 2.05) is 54.6 Å². The maximum atomic E-state index is 13.5. The van der Waals surface area contributed by atoms with Crippen molar-refractivity contribution in [3.63, 3.8) is 0 Å². The molecule has 2 aliphatic heterocycles. The van der Waals surface area contributed by atoms with Crippen LogP contribution in [0.2, 0.25) is 0 Å². The van der Waals surface area contributed by atoms with Crippen LogP contribution >= 0.6 is 0 Å². The number of methoxy groups -OCH3 is 1. The summed E-state index contributed by atoms with van der Waals surface area (Å²) in [6, 6.07) is 40.7. The lowest BCUT2D eigenvalue weighted by molar-refractivity contribution is -0.0222. The van der Waals surface area contributed by atoms with Crippen molar-refractivity contribution in [2.24, 2.45) is 0 Å². The number of piperidine rings is 1. The van der Waals surface area contributed by atoms with Gasteiger partial charge in [0, 0.05) is 81.7 Å². The summed E-state index contributed by atoms with van der Waals surface area (Å²) in [6.07, 6.45) is -0.386. The highest BCUT2D eigenvalue weighted by Gasteiger charge is 2.35. The van der Waals surface area contributed by atoms with Gasteiger partial charge in [-0.25, -0.2) is 23.1 Å². The van der Waals surface area contributed by atoms with Crippen LogP contribution in [0.5, 0.6) is 5.75 Å². The van der Waals surface area contributed by atoms with Gasteiger partial charge in [0.1, 0.15) is 23.2 Å². The summed E-state index contributed by atoms with van der Waals surface area (Å²) in [6.45, 7) is 5.26. The topological polar surface area (TPSA) is 94.6 Å². The second-order valence-corrected chi connectivity index (χ2v) is 14.6. The first kappa shape index (κ1) is 39.2. The van der Waals surface area contributed by atoms with Gasteiger partial charge in [-0.1, -0.05) is 66.7 Å². The zero-order valence-corrected chi connectivity index (χ0v) is 32.9. The molecule has 0 spiro atoms. The van der Waals surface area contributed by atoms with Crippen LogP contribution in [-0.2, 0) is 13.1 Å². The minimum absolute atomic E-state index is 0.193. The Bertz CT molecular complexity index is 2450. The summed E-state index contributed by atoms with van der Waals surface area (Å²) < 4.78 is 45.3. The van der Waals surface area contributed by atoms with E-state index < -0.39 is 5.92 Å². The van der Waals surface area contributed by atoms with Gasteiger partial charge in [0.05, 0.1) is 18.1 Å². The molecule has 0 radical (unpaired) electrons. The number of hydrogen-bond acceptors (Lipinski definition) is 10. The zero-order chi connectivity index (χ0) is 40.6. The van der Waals surface area contributed by atoms with E-state index in [4.69, 9.17) is 14.7 Å². The highest BCUT2D eigenvalue weighted by molar-refractivity contribution is 5.91. The number of fused-ring (bicyclic) bond motifs is 2. The van der Waals surface area contributed by atoms with E-state index in [0.29, 0.717) is 18.3 Å². The molecule has 2 aromatic heterocycles. The predicted octanol–water partition coefficient (Wildman–Crippen LogP) is 9.19. The Morgan fingerprint density at radius 3 is 1.56 bits per heavy atom. The molecule has 0 unspecified atom stereocenters. The molecule has 0 atom stereocenters. The number of hydrogen-bond donors (Lipinski definition) is 2. The highest BCUT2D eigenvalue weighted by atomic mass is 19.3. The van der Waals surface area contributed by atoms with E-state index in [9.17, 15) is 13.2 Å². The van der Waals surface area contributed by atoms with Gasteiger partial charge in [-0.05, 0) is 71.8 Å². The molecule has 302 valence electrons. The van der Waals surface area contributed by atoms with Crippen molar-refractivity contribution >= 4 is 51.0 Å². The molecule has 2 fully saturated rings. The van der Waals surface area contributed by atoms with Crippen LogP contribution in [0.1, 0.15) is 24.0 Å². The number of ether oxygens (including phenoxy) is 1. The van der Waals surface area contributed by atoms with Crippen molar-refractivity contribution in [2.45, 2.75) is 31.9 Å². The first-order valence-corrected chi connectivity index (χ1v) is 19.9. The number of halogens is 3. The number of alkyl halides is 2. The molecule has 7 aromatic rings. The number of para-hydroxylation sites is 2. The van der Waals surface area contributed by atoms with Gasteiger partial charge < -0.3 is 30.1 Å². The number of aromatic nitrogens is 4. The molecule has 2 N–H and O–H groups in total. The third-order valence-electron chi connectivity index (χ3n) is 10.6. The zero-order valence-electron chi connectivity index (χ0n) is 32.9. The number of nitrogens with zero attached hydrogens (tertiary/aromatic N) is 7. The molecule has 4 heterocycles. The van der Waals surface area contributed by atoms with Gasteiger partial charge in [0.15, 0.2) is 0 Å². The lowest BCUT2D eigenvalue weighted by Gasteiger charge is -2.36. The number of nitrogens with one attached hydrogen (secondary N) is 2. The maximum Gasteiger partial charge on any atom is 0.251 e. The average molecular weight is 798 g/mol. The fourth-order valence-corrected chi connectivity index (χ4v) is 7.24. The molecule has 9 rings (SSSR count). The molecule has 10 nitrogen and oxygen atoms in total. The van der Waals surface area contributed by atoms with Gasteiger partial charge in [-0.15, -0.1) is 0 Å². The first-order valence-electron chi connectivity index (χ1n) is 19.9. The quantitative estimate of drug-likeness (QED) is 0.140. The summed E-state index contributed by atoms with van der Waals surface area (Å²) in [7, 11) is 1.69. The second-order valence-electron chi connectivity index (χ2n) is 14.6. The van der Waals surface area contributed by atoms with E-state index in [-0.39, 0.29) is 31.7 Å². The monoisotopic (exact) mass is 797 g/mol. The van der Waals surface area contributed by atoms with E-state index in [0.717, 1.165) is 77.6 Å². The number of anilines is 5. The molecule has 59 heavy (non-hydrogen) atoms. The van der Waals surface area contributed by atoms with Gasteiger partial charge in [-0.3, -0.25) is 0 Å². The van der Waals surface area contributed by atoms with Crippen molar-refractivity contribution in [3.8, 4) is 5.75 Å². The summed E-state index contributed by atoms with van der Waals surface area (Å²) in [5, 5.41) is 8.70. The smallest absolute Gasteiger partial charge is 0.251 e. The van der Waals surface area contributed by atoms with Gasteiger partial charge in [-0.2, -0.15) is 9.97 Å². The largest absolute Gasteiger partial charge is 0.497 e. The normalized spacial score (nSPS) is 15.1. The molecular formula is C46H46F3N9O. The lowest BCUT2D eigenvalue weighted by atomic mass is 10.1. The lowest BCUT2D eigenvalue weighted by Crippen LogP contribution is -2.47. The van der Waals surface area contributed by atoms with Crippen molar-refractivity contribution in [1.29, 1.82) is 0 Å². The minimum Gasteiger partial charge on any atom is -0.497 e. The summed E-state index contributed by atoms with van der Waals surface area (Å²) in [4.78, 5) is 25.4. The Morgan fingerprint density at radius 2 is 1.02 bits per heavy atom. The van der Waals surface area contributed by atoms with Crippen LogP contribution < -0.4 is 30.1 Å². The fourth-order valence-electron chi connectivity index (χ4n) is 7.24. The van der Waals surface area contributed by atoms with Crippen molar-refractivity contribution in [1.82, 2.24) is 19.9 Å². The van der Waals surface area contributed by atoms with Gasteiger partial charge in [0.25, 0.3) is 5.92 Å². The molecule has 0 bridgehead atoms. The summed E-state index contributed by atoms with van der Waals surface area (Å²) >= 11 is 0. The molecule has 13 heteroatoms. The standard InChI is InChI=1S/C26H27N5O.C20H19F3N4/c1-32-22-13-11-21(12-14-22)30-15-17-31(18-16-30)26-28-24-10-6-5-9-23(24)25(29-26)27-19-20-7-3-2-4-8-20;21-15-7-5-14(6-8-15)13-24-18-16-3-1-2-4-17(16)25-19(26-18)27-11-9-20(22,23)10-12-27/h2-14H,15-19H2,1H3,(H,27,28,29);1-8H,9-13H2,(H,24,25,26). The van der Waals surface area contributed by atoms with E-state index >= 15 is 0 Å². The van der Waals surface area contributed by atoms with E-state index in [1.165, 1.54) is 23.4 Å². The molecule has 2 saturated heterocycles. The Hall–Kier alpha value is -6.63. The van der Waals surface area contributed by atoms with Crippen LogP contribution in [0.15, 0.2) is 127 Å². The Labute approximate surface area is 341 Å². The van der Waals surface area contributed by atoms with E-state index in [1.54, 1.807) is 24.1 Å². The van der Waals surface area contributed by atoms with E-state index in [2.05, 4.69) is 78.9 Å².